The zero-order chi connectivity index (χ0) is 12.7. The normalized spacial score (nSPS) is 10.3. The first-order chi connectivity index (χ1) is 8.17. The second-order valence-electron chi connectivity index (χ2n) is 3.76. The lowest BCUT2D eigenvalue weighted by Gasteiger charge is -2.01. The molecule has 0 spiro atoms. The van der Waals surface area contributed by atoms with Crippen molar-refractivity contribution in [1.29, 1.82) is 0 Å². The van der Waals surface area contributed by atoms with E-state index in [4.69, 9.17) is 4.74 Å². The van der Waals surface area contributed by atoms with Crippen molar-refractivity contribution in [1.82, 2.24) is 20.4 Å². The van der Waals surface area contributed by atoms with Crippen LogP contribution in [0.25, 0.3) is 0 Å². The summed E-state index contributed by atoms with van der Waals surface area (Å²) in [5.41, 5.74) is 0.935. The summed E-state index contributed by atoms with van der Waals surface area (Å²) in [5.74, 6) is 0.818. The van der Waals surface area contributed by atoms with Crippen molar-refractivity contribution in [3.05, 3.63) is 11.8 Å². The highest BCUT2D eigenvalue weighted by molar-refractivity contribution is 5.75. The zero-order valence-corrected chi connectivity index (χ0v) is 10.6. The molecule has 0 saturated carbocycles. The van der Waals surface area contributed by atoms with Gasteiger partial charge in [-0.1, -0.05) is 0 Å². The van der Waals surface area contributed by atoms with Crippen LogP contribution in [0.1, 0.15) is 18.5 Å². The average Bonchev–Trinajstić information content (AvgIpc) is 2.69. The lowest BCUT2D eigenvalue weighted by molar-refractivity contribution is -0.120. The van der Waals surface area contributed by atoms with Crippen LogP contribution in [0.2, 0.25) is 0 Å². The van der Waals surface area contributed by atoms with E-state index in [-0.39, 0.29) is 5.91 Å². The van der Waals surface area contributed by atoms with Gasteiger partial charge in [-0.05, 0) is 13.0 Å². The van der Waals surface area contributed by atoms with Gasteiger partial charge in [-0.25, -0.2) is 4.68 Å². The number of nitrogens with one attached hydrogen (secondary N) is 2. The zero-order valence-electron chi connectivity index (χ0n) is 10.6. The van der Waals surface area contributed by atoms with Crippen molar-refractivity contribution in [3.8, 4) is 5.88 Å². The topological polar surface area (TPSA) is 68.2 Å². The number of hydrogen-bond acceptors (Lipinski definition) is 4. The summed E-state index contributed by atoms with van der Waals surface area (Å²) >= 11 is 0. The molecule has 1 heterocycles. The third-order valence-electron chi connectivity index (χ3n) is 2.44. The summed E-state index contributed by atoms with van der Waals surface area (Å²) in [5, 5.41) is 10.1. The van der Waals surface area contributed by atoms with Gasteiger partial charge in [0, 0.05) is 33.1 Å². The molecule has 17 heavy (non-hydrogen) atoms. The average molecular weight is 240 g/mol. The van der Waals surface area contributed by atoms with Crippen LogP contribution in [0.4, 0.5) is 0 Å². The van der Waals surface area contributed by atoms with Crippen LogP contribution in [-0.2, 0) is 18.4 Å². The van der Waals surface area contributed by atoms with Gasteiger partial charge in [-0.3, -0.25) is 4.79 Å². The predicted molar refractivity (Wildman–Crippen MR) is 64.8 cm³/mol. The van der Waals surface area contributed by atoms with E-state index in [2.05, 4.69) is 15.7 Å². The lowest BCUT2D eigenvalue weighted by atomic mass is 10.3. The maximum absolute atomic E-state index is 11.0. The minimum atomic E-state index is 0.0753. The molecule has 2 N–H and O–H groups in total. The first kappa shape index (κ1) is 13.5. The summed E-state index contributed by atoms with van der Waals surface area (Å²) in [4.78, 5) is 11.0. The third-order valence-corrected chi connectivity index (χ3v) is 2.44. The first-order valence-electron chi connectivity index (χ1n) is 5.65. The molecule has 1 aromatic rings. The van der Waals surface area contributed by atoms with Gasteiger partial charge in [0.15, 0.2) is 0 Å². The van der Waals surface area contributed by atoms with Crippen LogP contribution in [0.5, 0.6) is 5.88 Å². The number of methoxy groups -OCH3 is 1. The van der Waals surface area contributed by atoms with Gasteiger partial charge in [-0.2, -0.15) is 5.10 Å². The fourth-order valence-electron chi connectivity index (χ4n) is 1.50. The highest BCUT2D eigenvalue weighted by atomic mass is 16.5. The third kappa shape index (κ3) is 4.44. The van der Waals surface area contributed by atoms with E-state index in [1.165, 1.54) is 0 Å². The Bertz CT molecular complexity index is 362. The minimum Gasteiger partial charge on any atom is -0.481 e. The Morgan fingerprint density at radius 2 is 2.35 bits per heavy atom. The van der Waals surface area contributed by atoms with Crippen molar-refractivity contribution in [2.24, 2.45) is 7.05 Å². The van der Waals surface area contributed by atoms with Crippen molar-refractivity contribution in [2.45, 2.75) is 19.4 Å². The standard InChI is InChI=1S/C11H20N4O2/c1-12-10(16)5-4-6-13-8-9-7-11(17-3)15(2)14-9/h7,13H,4-6,8H2,1-3H3,(H,12,16). The summed E-state index contributed by atoms with van der Waals surface area (Å²) in [7, 11) is 5.11. The van der Waals surface area contributed by atoms with Gasteiger partial charge in [0.05, 0.1) is 12.8 Å². The summed E-state index contributed by atoms with van der Waals surface area (Å²) in [6.07, 6.45) is 1.37. The fraction of sp³-hybridized carbons (Fsp3) is 0.636. The van der Waals surface area contributed by atoms with E-state index in [0.29, 0.717) is 13.0 Å². The Kier molecular flexibility index (Phi) is 5.48. The molecule has 0 fully saturated rings. The molecule has 6 heteroatoms. The van der Waals surface area contributed by atoms with Crippen molar-refractivity contribution < 1.29 is 9.53 Å². The second-order valence-corrected chi connectivity index (χ2v) is 3.76. The maximum atomic E-state index is 11.0. The number of nitrogens with zero attached hydrogens (tertiary/aromatic N) is 2. The molecule has 0 aromatic carbocycles. The van der Waals surface area contributed by atoms with Gasteiger partial charge >= 0.3 is 0 Å². The van der Waals surface area contributed by atoms with E-state index in [1.54, 1.807) is 18.8 Å². The Hall–Kier alpha value is -1.56. The van der Waals surface area contributed by atoms with Crippen LogP contribution in [0.15, 0.2) is 6.07 Å². The second kappa shape index (κ2) is 6.90. The highest BCUT2D eigenvalue weighted by Gasteiger charge is 2.04. The van der Waals surface area contributed by atoms with Gasteiger partial charge in [0.2, 0.25) is 11.8 Å². The first-order valence-corrected chi connectivity index (χ1v) is 5.65. The number of carbonyl (C=O) groups is 1. The molecule has 1 rings (SSSR count). The van der Waals surface area contributed by atoms with Gasteiger partial charge in [0.25, 0.3) is 0 Å². The number of hydrogen-bond donors (Lipinski definition) is 2. The fourth-order valence-corrected chi connectivity index (χ4v) is 1.50. The van der Waals surface area contributed by atoms with Crippen molar-refractivity contribution in [2.75, 3.05) is 20.7 Å². The molecule has 0 radical (unpaired) electrons. The van der Waals surface area contributed by atoms with E-state index >= 15 is 0 Å². The van der Waals surface area contributed by atoms with Gasteiger partial charge in [-0.15, -0.1) is 0 Å². The number of aryl methyl sites for hydroxylation is 1. The summed E-state index contributed by atoms with van der Waals surface area (Å²) < 4.78 is 6.81. The van der Waals surface area contributed by atoms with Crippen LogP contribution in [0.3, 0.4) is 0 Å². The molecule has 0 aliphatic heterocycles. The predicted octanol–water partition coefficient (Wildman–Crippen LogP) is 0.0445. The number of aromatic nitrogens is 2. The highest BCUT2D eigenvalue weighted by Crippen LogP contribution is 2.10. The molecular formula is C11H20N4O2. The Labute approximate surface area is 101 Å². The van der Waals surface area contributed by atoms with Crippen molar-refractivity contribution in [3.63, 3.8) is 0 Å². The van der Waals surface area contributed by atoms with Gasteiger partial charge in [0.1, 0.15) is 0 Å². The summed E-state index contributed by atoms with van der Waals surface area (Å²) in [6, 6.07) is 1.89. The molecule has 0 bridgehead atoms. The number of ether oxygens (including phenoxy) is 1. The molecule has 0 atom stereocenters. The van der Waals surface area contributed by atoms with Crippen LogP contribution < -0.4 is 15.4 Å². The monoisotopic (exact) mass is 240 g/mol. The van der Waals surface area contributed by atoms with Crippen molar-refractivity contribution >= 4 is 5.91 Å². The molecule has 0 saturated heterocycles. The summed E-state index contributed by atoms with van der Waals surface area (Å²) in [6.45, 7) is 1.48. The molecule has 6 nitrogen and oxygen atoms in total. The largest absolute Gasteiger partial charge is 0.481 e. The van der Waals surface area contributed by atoms with E-state index in [1.807, 2.05) is 13.1 Å². The molecule has 0 unspecified atom stereocenters. The Balaban J connectivity index is 2.20. The molecule has 1 aromatic heterocycles. The number of amides is 1. The Morgan fingerprint density at radius 1 is 1.59 bits per heavy atom. The van der Waals surface area contributed by atoms with Crippen LogP contribution in [-0.4, -0.2) is 36.4 Å². The minimum absolute atomic E-state index is 0.0753. The van der Waals surface area contributed by atoms with Crippen LogP contribution in [0, 0.1) is 0 Å². The smallest absolute Gasteiger partial charge is 0.219 e. The van der Waals surface area contributed by atoms with E-state index < -0.39 is 0 Å². The van der Waals surface area contributed by atoms with Gasteiger partial charge < -0.3 is 15.4 Å². The molecule has 0 aliphatic rings. The van der Waals surface area contributed by atoms with E-state index in [9.17, 15) is 4.79 Å². The SMILES string of the molecule is CNC(=O)CCCNCc1cc(OC)n(C)n1. The lowest BCUT2D eigenvalue weighted by Crippen LogP contribution is -2.21. The number of rotatable bonds is 7. The van der Waals surface area contributed by atoms with E-state index in [0.717, 1.165) is 24.5 Å². The number of carbonyl (C=O) groups excluding carboxylic acids is 1. The molecular weight excluding hydrogens is 220 g/mol. The quantitative estimate of drug-likeness (QED) is 0.661. The van der Waals surface area contributed by atoms with Crippen LogP contribution >= 0.6 is 0 Å². The Morgan fingerprint density at radius 3 is 2.94 bits per heavy atom. The molecule has 1 amide bonds. The maximum Gasteiger partial charge on any atom is 0.219 e. The molecule has 0 aliphatic carbocycles. The molecule has 96 valence electrons.